The van der Waals surface area contributed by atoms with Gasteiger partial charge in [0, 0.05) is 35.8 Å². The molecule has 0 aliphatic rings. The molecule has 11 heteroatoms. The lowest BCUT2D eigenvalue weighted by molar-refractivity contribution is -0.385. The van der Waals surface area contributed by atoms with Crippen LogP contribution in [0.4, 0.5) is 11.4 Å². The summed E-state index contributed by atoms with van der Waals surface area (Å²) >= 11 is 5.97. The number of oxime groups is 1. The van der Waals surface area contributed by atoms with E-state index in [4.69, 9.17) is 16.4 Å². The number of nitrogens with zero attached hydrogens (tertiary/aromatic N) is 5. The van der Waals surface area contributed by atoms with Crippen LogP contribution in [0.5, 0.6) is 0 Å². The van der Waals surface area contributed by atoms with Gasteiger partial charge in [0.25, 0.3) is 11.4 Å². The Kier molecular flexibility index (Phi) is 6.27. The third kappa shape index (κ3) is 5.13. The first-order valence-electron chi connectivity index (χ1n) is 9.68. The molecule has 4 aromatic rings. The molecule has 0 aliphatic heterocycles. The van der Waals surface area contributed by atoms with Gasteiger partial charge in [-0.05, 0) is 29.3 Å². The van der Waals surface area contributed by atoms with E-state index in [0.29, 0.717) is 34.0 Å². The molecule has 0 atom stereocenters. The van der Waals surface area contributed by atoms with Crippen LogP contribution >= 0.6 is 11.6 Å². The van der Waals surface area contributed by atoms with E-state index in [1.807, 2.05) is 16.7 Å². The van der Waals surface area contributed by atoms with Gasteiger partial charge in [0.1, 0.15) is 12.8 Å². The van der Waals surface area contributed by atoms with Gasteiger partial charge in [-0.1, -0.05) is 41.0 Å². The van der Waals surface area contributed by atoms with Crippen molar-refractivity contribution >= 4 is 40.2 Å². The number of hydrogen-bond acceptors (Lipinski definition) is 7. The van der Waals surface area contributed by atoms with Crippen molar-refractivity contribution in [3.8, 4) is 0 Å². The Labute approximate surface area is 192 Å². The Balaban J connectivity index is 1.60. The SMILES string of the molecule is O=[N+]([O-])c1cccc(CON=Cc2nc3cc([N+](=O)[O-])ccc3n2Cc2ccc(Cl)cc2)c1. The summed E-state index contributed by atoms with van der Waals surface area (Å²) in [5.74, 6) is 0.430. The summed E-state index contributed by atoms with van der Waals surface area (Å²) in [6, 6.07) is 17.8. The molecule has 0 fully saturated rings. The van der Waals surface area contributed by atoms with Crippen LogP contribution in [0, 0.1) is 20.2 Å². The third-order valence-corrected chi connectivity index (χ3v) is 5.07. The lowest BCUT2D eigenvalue weighted by Crippen LogP contribution is -2.05. The fourth-order valence-corrected chi connectivity index (χ4v) is 3.37. The molecular weight excluding hydrogens is 450 g/mol. The van der Waals surface area contributed by atoms with E-state index in [9.17, 15) is 20.2 Å². The van der Waals surface area contributed by atoms with Crippen LogP contribution in [0.1, 0.15) is 17.0 Å². The number of rotatable bonds is 8. The number of halogens is 1. The summed E-state index contributed by atoms with van der Waals surface area (Å²) in [7, 11) is 0. The van der Waals surface area contributed by atoms with Gasteiger partial charge < -0.3 is 9.40 Å². The smallest absolute Gasteiger partial charge is 0.271 e. The van der Waals surface area contributed by atoms with E-state index in [2.05, 4.69) is 10.1 Å². The van der Waals surface area contributed by atoms with Crippen LogP contribution < -0.4 is 0 Å². The van der Waals surface area contributed by atoms with Crippen LogP contribution in [0.2, 0.25) is 5.02 Å². The Morgan fingerprint density at radius 3 is 2.42 bits per heavy atom. The molecule has 0 aliphatic carbocycles. The summed E-state index contributed by atoms with van der Waals surface area (Å²) in [5, 5.41) is 26.6. The van der Waals surface area contributed by atoms with Crippen molar-refractivity contribution in [2.24, 2.45) is 5.16 Å². The van der Waals surface area contributed by atoms with Crippen molar-refractivity contribution in [3.63, 3.8) is 0 Å². The molecule has 1 aromatic heterocycles. The molecule has 0 saturated heterocycles. The molecule has 4 rings (SSSR count). The van der Waals surface area contributed by atoms with E-state index in [1.165, 1.54) is 30.5 Å². The number of hydrogen-bond donors (Lipinski definition) is 0. The van der Waals surface area contributed by atoms with E-state index in [0.717, 1.165) is 5.56 Å². The number of aromatic nitrogens is 2. The fourth-order valence-electron chi connectivity index (χ4n) is 3.24. The number of fused-ring (bicyclic) bond motifs is 1. The summed E-state index contributed by atoms with van der Waals surface area (Å²) in [6.45, 7) is 0.457. The fraction of sp³-hybridized carbons (Fsp3) is 0.0909. The molecule has 3 aromatic carbocycles. The number of benzene rings is 3. The van der Waals surface area contributed by atoms with Gasteiger partial charge in [0.05, 0.1) is 20.9 Å². The Bertz CT molecular complexity index is 1370. The summed E-state index contributed by atoms with van der Waals surface area (Å²) < 4.78 is 1.85. The lowest BCUT2D eigenvalue weighted by Gasteiger charge is -2.07. The van der Waals surface area contributed by atoms with E-state index < -0.39 is 9.85 Å². The normalized spacial score (nSPS) is 11.2. The molecule has 1 heterocycles. The van der Waals surface area contributed by atoms with Crippen molar-refractivity contribution in [1.29, 1.82) is 0 Å². The van der Waals surface area contributed by atoms with Crippen LogP contribution in [0.3, 0.4) is 0 Å². The third-order valence-electron chi connectivity index (χ3n) is 4.82. The monoisotopic (exact) mass is 465 g/mol. The van der Waals surface area contributed by atoms with Gasteiger partial charge in [0.15, 0.2) is 5.82 Å². The maximum Gasteiger partial charge on any atom is 0.271 e. The Morgan fingerprint density at radius 2 is 1.70 bits per heavy atom. The van der Waals surface area contributed by atoms with Crippen molar-refractivity contribution in [1.82, 2.24) is 9.55 Å². The van der Waals surface area contributed by atoms with Crippen molar-refractivity contribution in [3.05, 3.63) is 109 Å². The highest BCUT2D eigenvalue weighted by Gasteiger charge is 2.14. The number of non-ortho nitro benzene ring substituents is 2. The van der Waals surface area contributed by atoms with E-state index >= 15 is 0 Å². The van der Waals surface area contributed by atoms with Gasteiger partial charge in [-0.2, -0.15) is 0 Å². The van der Waals surface area contributed by atoms with Crippen LogP contribution in [-0.4, -0.2) is 25.6 Å². The highest BCUT2D eigenvalue weighted by Crippen LogP contribution is 2.23. The minimum atomic E-state index is -0.481. The standard InChI is InChI=1S/C22H16ClN5O5/c23-17-6-4-15(5-7-17)13-26-21-9-8-19(28(31)32)11-20(21)25-22(26)12-24-33-14-16-2-1-3-18(10-16)27(29)30/h1-12H,13-14H2. The molecule has 0 bridgehead atoms. The quantitative estimate of drug-likeness (QED) is 0.202. The first kappa shape index (κ1) is 21.9. The molecule has 0 radical (unpaired) electrons. The second kappa shape index (κ2) is 9.45. The highest BCUT2D eigenvalue weighted by molar-refractivity contribution is 6.30. The predicted octanol–water partition coefficient (Wildman–Crippen LogP) is 5.11. The Hall–Kier alpha value is -4.31. The molecule has 0 N–H and O–H groups in total. The minimum Gasteiger partial charge on any atom is -0.391 e. The van der Waals surface area contributed by atoms with Gasteiger partial charge in [-0.3, -0.25) is 20.2 Å². The minimum absolute atomic E-state index is 0.0288. The summed E-state index contributed by atoms with van der Waals surface area (Å²) in [4.78, 5) is 30.9. The second-order valence-corrected chi connectivity index (χ2v) is 7.48. The second-order valence-electron chi connectivity index (χ2n) is 7.05. The average molecular weight is 466 g/mol. The van der Waals surface area contributed by atoms with E-state index in [1.54, 1.807) is 30.3 Å². The summed E-state index contributed by atoms with van der Waals surface area (Å²) in [6.07, 6.45) is 1.40. The summed E-state index contributed by atoms with van der Waals surface area (Å²) in [5.41, 5.74) is 2.57. The molecule has 33 heavy (non-hydrogen) atoms. The zero-order chi connectivity index (χ0) is 23.4. The van der Waals surface area contributed by atoms with Crippen molar-refractivity contribution < 1.29 is 14.7 Å². The molecule has 166 valence electrons. The number of imidazole rings is 1. The molecule has 0 saturated carbocycles. The van der Waals surface area contributed by atoms with Crippen LogP contribution in [0.25, 0.3) is 11.0 Å². The lowest BCUT2D eigenvalue weighted by atomic mass is 10.2. The zero-order valence-electron chi connectivity index (χ0n) is 17.0. The van der Waals surface area contributed by atoms with Crippen molar-refractivity contribution in [2.45, 2.75) is 13.2 Å². The van der Waals surface area contributed by atoms with E-state index in [-0.39, 0.29) is 18.0 Å². The van der Waals surface area contributed by atoms with Crippen LogP contribution in [0.15, 0.2) is 71.9 Å². The van der Waals surface area contributed by atoms with Gasteiger partial charge in [-0.25, -0.2) is 4.98 Å². The first-order valence-corrected chi connectivity index (χ1v) is 10.1. The number of nitro groups is 2. The molecule has 0 amide bonds. The van der Waals surface area contributed by atoms with Gasteiger partial charge in [0.2, 0.25) is 0 Å². The molecular formula is C22H16ClN5O5. The van der Waals surface area contributed by atoms with Crippen LogP contribution in [-0.2, 0) is 18.0 Å². The highest BCUT2D eigenvalue weighted by atomic mass is 35.5. The molecule has 0 spiro atoms. The largest absolute Gasteiger partial charge is 0.391 e. The average Bonchev–Trinajstić information content (AvgIpc) is 3.14. The number of nitro benzene ring substituents is 2. The first-order chi connectivity index (χ1) is 15.9. The van der Waals surface area contributed by atoms with Gasteiger partial charge >= 0.3 is 0 Å². The Morgan fingerprint density at radius 1 is 0.970 bits per heavy atom. The molecule has 0 unspecified atom stereocenters. The maximum atomic E-state index is 11.1. The van der Waals surface area contributed by atoms with Crippen molar-refractivity contribution in [2.75, 3.05) is 0 Å². The predicted molar refractivity (Wildman–Crippen MR) is 122 cm³/mol. The van der Waals surface area contributed by atoms with Gasteiger partial charge in [-0.15, -0.1) is 0 Å². The zero-order valence-corrected chi connectivity index (χ0v) is 17.8. The maximum absolute atomic E-state index is 11.1. The topological polar surface area (TPSA) is 126 Å². The molecule has 10 nitrogen and oxygen atoms in total.